The molecular weight excluding hydrogens is 236 g/mol. The second-order valence-corrected chi connectivity index (χ2v) is 5.66. The summed E-state index contributed by atoms with van der Waals surface area (Å²) >= 11 is 0. The maximum Gasteiger partial charge on any atom is 0.238 e. The van der Waals surface area contributed by atoms with E-state index in [0.29, 0.717) is 6.54 Å². The van der Waals surface area contributed by atoms with Crippen molar-refractivity contribution in [3.63, 3.8) is 0 Å². The van der Waals surface area contributed by atoms with E-state index >= 15 is 0 Å². The molecule has 1 aromatic carbocycles. The molecule has 19 heavy (non-hydrogen) atoms. The largest absolute Gasteiger partial charge is 0.324 e. The van der Waals surface area contributed by atoms with Gasteiger partial charge in [0.2, 0.25) is 5.91 Å². The van der Waals surface area contributed by atoms with Crippen LogP contribution in [0.5, 0.6) is 0 Å². The van der Waals surface area contributed by atoms with Crippen molar-refractivity contribution < 1.29 is 4.79 Å². The Balaban J connectivity index is 1.98. The number of likely N-dealkylation sites (tertiary alicyclic amines) is 1. The van der Waals surface area contributed by atoms with E-state index in [1.54, 1.807) is 0 Å². The smallest absolute Gasteiger partial charge is 0.238 e. The molecular formula is C16H24N2O. The fourth-order valence-corrected chi connectivity index (χ4v) is 2.88. The van der Waals surface area contributed by atoms with Crippen LogP contribution < -0.4 is 5.32 Å². The van der Waals surface area contributed by atoms with Crippen LogP contribution in [0.15, 0.2) is 12.1 Å². The van der Waals surface area contributed by atoms with Gasteiger partial charge in [-0.05, 0) is 57.8 Å². The highest BCUT2D eigenvalue weighted by Crippen LogP contribution is 2.22. The Hall–Kier alpha value is -1.35. The molecule has 1 heterocycles. The fourth-order valence-electron chi connectivity index (χ4n) is 2.88. The first-order chi connectivity index (χ1) is 9.06. The van der Waals surface area contributed by atoms with E-state index in [4.69, 9.17) is 0 Å². The van der Waals surface area contributed by atoms with Gasteiger partial charge in [0.25, 0.3) is 0 Å². The normalized spacial score (nSPS) is 16.4. The predicted octanol–water partition coefficient (Wildman–Crippen LogP) is 3.04. The molecule has 0 atom stereocenters. The SMILES string of the molecule is Cc1cc(C)c(NC(=O)CN2CCCCC2)c(C)c1. The Morgan fingerprint density at radius 3 is 2.26 bits per heavy atom. The first-order valence-electron chi connectivity index (χ1n) is 7.16. The molecule has 0 unspecified atom stereocenters. The van der Waals surface area contributed by atoms with Crippen LogP contribution in [0.3, 0.4) is 0 Å². The van der Waals surface area contributed by atoms with Crippen molar-refractivity contribution in [3.8, 4) is 0 Å². The molecule has 0 aliphatic carbocycles. The van der Waals surface area contributed by atoms with Crippen molar-refractivity contribution >= 4 is 11.6 Å². The zero-order chi connectivity index (χ0) is 13.8. The maximum atomic E-state index is 12.1. The molecule has 1 aliphatic rings. The maximum absolute atomic E-state index is 12.1. The number of anilines is 1. The van der Waals surface area contributed by atoms with E-state index < -0.39 is 0 Å². The second-order valence-electron chi connectivity index (χ2n) is 5.66. The van der Waals surface area contributed by atoms with Gasteiger partial charge >= 0.3 is 0 Å². The van der Waals surface area contributed by atoms with Crippen LogP contribution >= 0.6 is 0 Å². The molecule has 1 amide bonds. The molecule has 1 aromatic rings. The average molecular weight is 260 g/mol. The third-order valence-electron chi connectivity index (χ3n) is 3.76. The number of carbonyl (C=O) groups excluding carboxylic acids is 1. The Morgan fingerprint density at radius 1 is 1.11 bits per heavy atom. The zero-order valence-corrected chi connectivity index (χ0v) is 12.3. The second kappa shape index (κ2) is 6.20. The number of nitrogens with zero attached hydrogens (tertiary/aromatic N) is 1. The summed E-state index contributed by atoms with van der Waals surface area (Å²) in [4.78, 5) is 14.4. The molecule has 1 aliphatic heterocycles. The minimum Gasteiger partial charge on any atom is -0.324 e. The van der Waals surface area contributed by atoms with Crippen molar-refractivity contribution in [3.05, 3.63) is 28.8 Å². The molecule has 0 saturated carbocycles. The van der Waals surface area contributed by atoms with Crippen LogP contribution in [0.1, 0.15) is 36.0 Å². The summed E-state index contributed by atoms with van der Waals surface area (Å²) < 4.78 is 0. The van der Waals surface area contributed by atoms with Crippen LogP contribution in [0.25, 0.3) is 0 Å². The number of aryl methyl sites for hydroxylation is 3. The van der Waals surface area contributed by atoms with Gasteiger partial charge in [0.15, 0.2) is 0 Å². The van der Waals surface area contributed by atoms with Crippen LogP contribution in [0.2, 0.25) is 0 Å². The molecule has 3 nitrogen and oxygen atoms in total. The van der Waals surface area contributed by atoms with Gasteiger partial charge in [-0.3, -0.25) is 9.69 Å². The van der Waals surface area contributed by atoms with Gasteiger partial charge in [-0.1, -0.05) is 24.1 Å². The summed E-state index contributed by atoms with van der Waals surface area (Å²) in [5, 5.41) is 3.07. The monoisotopic (exact) mass is 260 g/mol. The number of rotatable bonds is 3. The number of nitrogens with one attached hydrogen (secondary N) is 1. The lowest BCUT2D eigenvalue weighted by molar-refractivity contribution is -0.117. The molecule has 1 N–H and O–H groups in total. The lowest BCUT2D eigenvalue weighted by atomic mass is 10.1. The Labute approximate surface area is 116 Å². The van der Waals surface area contributed by atoms with Crippen LogP contribution in [-0.4, -0.2) is 30.4 Å². The summed E-state index contributed by atoms with van der Waals surface area (Å²) in [7, 11) is 0. The van der Waals surface area contributed by atoms with Gasteiger partial charge in [0.05, 0.1) is 6.54 Å². The van der Waals surface area contributed by atoms with Gasteiger partial charge in [0, 0.05) is 5.69 Å². The van der Waals surface area contributed by atoms with Crippen molar-refractivity contribution in [2.45, 2.75) is 40.0 Å². The van der Waals surface area contributed by atoms with Gasteiger partial charge in [-0.2, -0.15) is 0 Å². The van der Waals surface area contributed by atoms with Crippen molar-refractivity contribution in [1.29, 1.82) is 0 Å². The zero-order valence-electron chi connectivity index (χ0n) is 12.3. The van der Waals surface area contributed by atoms with Gasteiger partial charge in [-0.15, -0.1) is 0 Å². The first kappa shape index (κ1) is 14.1. The number of hydrogen-bond acceptors (Lipinski definition) is 2. The van der Waals surface area contributed by atoms with Gasteiger partial charge in [0.1, 0.15) is 0 Å². The molecule has 3 heteroatoms. The summed E-state index contributed by atoms with van der Waals surface area (Å²) in [6, 6.07) is 4.23. The first-order valence-corrected chi connectivity index (χ1v) is 7.16. The highest BCUT2D eigenvalue weighted by atomic mass is 16.2. The number of hydrogen-bond donors (Lipinski definition) is 1. The molecule has 0 spiro atoms. The number of carbonyl (C=O) groups is 1. The minimum absolute atomic E-state index is 0.108. The van der Waals surface area contributed by atoms with Crippen molar-refractivity contribution in [2.24, 2.45) is 0 Å². The van der Waals surface area contributed by atoms with Crippen LogP contribution in [0.4, 0.5) is 5.69 Å². The van der Waals surface area contributed by atoms with E-state index in [9.17, 15) is 4.79 Å². The summed E-state index contributed by atoms with van der Waals surface area (Å²) in [6.45, 7) is 8.82. The summed E-state index contributed by atoms with van der Waals surface area (Å²) in [5.74, 6) is 0.108. The lowest BCUT2D eigenvalue weighted by Crippen LogP contribution is -2.37. The third-order valence-corrected chi connectivity index (χ3v) is 3.76. The van der Waals surface area contributed by atoms with Crippen molar-refractivity contribution in [1.82, 2.24) is 4.90 Å². The Bertz CT molecular complexity index is 439. The van der Waals surface area contributed by atoms with E-state index in [0.717, 1.165) is 29.9 Å². The Kier molecular flexibility index (Phi) is 4.59. The minimum atomic E-state index is 0.108. The van der Waals surface area contributed by atoms with Gasteiger partial charge in [-0.25, -0.2) is 0 Å². The molecule has 2 rings (SSSR count). The highest BCUT2D eigenvalue weighted by Gasteiger charge is 2.15. The van der Waals surface area contributed by atoms with Crippen LogP contribution in [0, 0.1) is 20.8 Å². The highest BCUT2D eigenvalue weighted by molar-refractivity contribution is 5.93. The van der Waals surface area contributed by atoms with E-state index in [-0.39, 0.29) is 5.91 Å². The predicted molar refractivity (Wildman–Crippen MR) is 79.6 cm³/mol. The van der Waals surface area contributed by atoms with E-state index in [1.807, 2.05) is 0 Å². The topological polar surface area (TPSA) is 32.3 Å². The molecule has 0 radical (unpaired) electrons. The average Bonchev–Trinajstić information content (AvgIpc) is 2.35. The number of piperidine rings is 1. The summed E-state index contributed by atoms with van der Waals surface area (Å²) in [6.07, 6.45) is 3.74. The molecule has 1 fully saturated rings. The quantitative estimate of drug-likeness (QED) is 0.906. The Morgan fingerprint density at radius 2 is 1.68 bits per heavy atom. The van der Waals surface area contributed by atoms with Gasteiger partial charge < -0.3 is 5.32 Å². The standard InChI is InChI=1S/C16H24N2O/c1-12-9-13(2)16(14(3)10-12)17-15(19)11-18-7-5-4-6-8-18/h9-10H,4-8,11H2,1-3H3,(H,17,19). The molecule has 0 aromatic heterocycles. The third kappa shape index (κ3) is 3.80. The van der Waals surface area contributed by atoms with Crippen molar-refractivity contribution in [2.75, 3.05) is 25.0 Å². The molecule has 104 valence electrons. The van der Waals surface area contributed by atoms with E-state index in [2.05, 4.69) is 43.1 Å². The molecule has 0 bridgehead atoms. The number of amides is 1. The summed E-state index contributed by atoms with van der Waals surface area (Å²) in [5.41, 5.74) is 4.51. The number of benzene rings is 1. The molecule has 1 saturated heterocycles. The fraction of sp³-hybridized carbons (Fsp3) is 0.562. The van der Waals surface area contributed by atoms with Crippen LogP contribution in [-0.2, 0) is 4.79 Å². The van der Waals surface area contributed by atoms with E-state index in [1.165, 1.54) is 24.8 Å². The lowest BCUT2D eigenvalue weighted by Gasteiger charge is -2.26.